The molecule has 5 heteroatoms. The molecule has 0 radical (unpaired) electrons. The Kier molecular flexibility index (Phi) is 4.47. The molecule has 1 fully saturated rings. The first-order valence-electron chi connectivity index (χ1n) is 6.73. The van der Waals surface area contributed by atoms with Gasteiger partial charge in [0.1, 0.15) is 6.33 Å². The zero-order valence-corrected chi connectivity index (χ0v) is 11.6. The summed E-state index contributed by atoms with van der Waals surface area (Å²) in [6, 6.07) is 0. The van der Waals surface area contributed by atoms with Crippen molar-refractivity contribution in [1.29, 1.82) is 0 Å². The number of carbonyl (C=O) groups excluding carboxylic acids is 1. The van der Waals surface area contributed by atoms with E-state index in [0.29, 0.717) is 6.61 Å². The molecule has 0 unspecified atom stereocenters. The minimum absolute atomic E-state index is 0.0220. The highest BCUT2D eigenvalue weighted by Gasteiger charge is 2.36. The minimum atomic E-state index is -0.240. The Morgan fingerprint density at radius 2 is 2.05 bits per heavy atom. The summed E-state index contributed by atoms with van der Waals surface area (Å²) in [5, 5.41) is 3.17. The van der Waals surface area contributed by atoms with Crippen LogP contribution in [0.5, 0.6) is 0 Å². The number of rotatable bonds is 5. The van der Waals surface area contributed by atoms with E-state index in [1.54, 1.807) is 19.5 Å². The van der Waals surface area contributed by atoms with Crippen LogP contribution < -0.4 is 5.32 Å². The van der Waals surface area contributed by atoms with Gasteiger partial charge in [-0.05, 0) is 19.8 Å². The van der Waals surface area contributed by atoms with Crippen LogP contribution in [0.1, 0.15) is 44.1 Å². The second kappa shape index (κ2) is 6.10. The van der Waals surface area contributed by atoms with Gasteiger partial charge < -0.3 is 10.1 Å². The lowest BCUT2D eigenvalue weighted by molar-refractivity contribution is -0.124. The van der Waals surface area contributed by atoms with E-state index in [9.17, 15) is 4.79 Å². The van der Waals surface area contributed by atoms with Gasteiger partial charge in [-0.1, -0.05) is 12.8 Å². The zero-order valence-electron chi connectivity index (χ0n) is 11.6. The van der Waals surface area contributed by atoms with Gasteiger partial charge in [-0.25, -0.2) is 9.97 Å². The SMILES string of the molecule is COCC1(NC(=O)[C@H](C)c2cncnc2)CCCC1. The van der Waals surface area contributed by atoms with Crippen LogP contribution in [0.2, 0.25) is 0 Å². The Hall–Kier alpha value is -1.49. The van der Waals surface area contributed by atoms with Crippen LogP contribution in [0.15, 0.2) is 18.7 Å². The van der Waals surface area contributed by atoms with E-state index >= 15 is 0 Å². The van der Waals surface area contributed by atoms with E-state index in [-0.39, 0.29) is 17.4 Å². The summed E-state index contributed by atoms with van der Waals surface area (Å²) in [5.41, 5.74) is 0.654. The standard InChI is InChI=1S/C14H21N3O2/c1-11(12-7-15-10-16-8-12)13(18)17-14(9-19-2)5-3-4-6-14/h7-8,10-11H,3-6,9H2,1-2H3,(H,17,18)/t11-/m1/s1. The zero-order chi connectivity index (χ0) is 13.7. The normalized spacial score (nSPS) is 19.1. The maximum absolute atomic E-state index is 12.4. The first kappa shape index (κ1) is 13.9. The predicted molar refractivity (Wildman–Crippen MR) is 71.7 cm³/mol. The molecule has 1 aromatic heterocycles. The Morgan fingerprint density at radius 1 is 1.42 bits per heavy atom. The molecule has 1 aliphatic rings. The maximum Gasteiger partial charge on any atom is 0.227 e. The van der Waals surface area contributed by atoms with E-state index in [1.165, 1.54) is 6.33 Å². The van der Waals surface area contributed by atoms with E-state index in [2.05, 4.69) is 15.3 Å². The summed E-state index contributed by atoms with van der Waals surface area (Å²) in [4.78, 5) is 20.3. The first-order valence-corrected chi connectivity index (χ1v) is 6.73. The average Bonchev–Trinajstić information content (AvgIpc) is 2.87. The smallest absolute Gasteiger partial charge is 0.227 e. The first-order chi connectivity index (χ1) is 9.17. The van der Waals surface area contributed by atoms with Crippen molar-refractivity contribution in [1.82, 2.24) is 15.3 Å². The third-order valence-electron chi connectivity index (χ3n) is 3.84. The van der Waals surface area contributed by atoms with Gasteiger partial charge in [0.05, 0.1) is 18.1 Å². The molecule has 104 valence electrons. The topological polar surface area (TPSA) is 64.1 Å². The Morgan fingerprint density at radius 3 is 2.63 bits per heavy atom. The van der Waals surface area contributed by atoms with Gasteiger partial charge in [0.25, 0.3) is 0 Å². The largest absolute Gasteiger partial charge is 0.382 e. The molecule has 1 atom stereocenters. The molecule has 0 spiro atoms. The highest BCUT2D eigenvalue weighted by Crippen LogP contribution is 2.30. The lowest BCUT2D eigenvalue weighted by Gasteiger charge is -2.30. The van der Waals surface area contributed by atoms with Crippen molar-refractivity contribution < 1.29 is 9.53 Å². The number of nitrogens with zero attached hydrogens (tertiary/aromatic N) is 2. The van der Waals surface area contributed by atoms with Gasteiger partial charge in [0.2, 0.25) is 5.91 Å². The van der Waals surface area contributed by atoms with Crippen LogP contribution in [0.4, 0.5) is 0 Å². The lowest BCUT2D eigenvalue weighted by atomic mass is 9.96. The van der Waals surface area contributed by atoms with Crippen molar-refractivity contribution in [2.24, 2.45) is 0 Å². The second-order valence-corrected chi connectivity index (χ2v) is 5.30. The molecule has 1 aliphatic carbocycles. The monoisotopic (exact) mass is 263 g/mol. The molecule has 0 aliphatic heterocycles. The third-order valence-corrected chi connectivity index (χ3v) is 3.84. The average molecular weight is 263 g/mol. The van der Waals surface area contributed by atoms with Crippen LogP contribution in [0.25, 0.3) is 0 Å². The van der Waals surface area contributed by atoms with Crippen LogP contribution in [0, 0.1) is 0 Å². The number of methoxy groups -OCH3 is 1. The van der Waals surface area contributed by atoms with Crippen LogP contribution >= 0.6 is 0 Å². The second-order valence-electron chi connectivity index (χ2n) is 5.30. The number of ether oxygens (including phenoxy) is 1. The molecular formula is C14H21N3O2. The molecule has 5 nitrogen and oxygen atoms in total. The Labute approximate surface area is 113 Å². The van der Waals surface area contributed by atoms with E-state index in [1.807, 2.05) is 6.92 Å². The summed E-state index contributed by atoms with van der Waals surface area (Å²) in [6.07, 6.45) is 9.12. The molecule has 0 saturated heterocycles. The molecular weight excluding hydrogens is 242 g/mol. The van der Waals surface area contributed by atoms with Crippen molar-refractivity contribution in [3.05, 3.63) is 24.3 Å². The molecule has 2 rings (SSSR count). The van der Waals surface area contributed by atoms with Crippen molar-refractivity contribution in [3.63, 3.8) is 0 Å². The molecule has 0 bridgehead atoms. The summed E-state index contributed by atoms with van der Waals surface area (Å²) >= 11 is 0. The van der Waals surface area contributed by atoms with E-state index < -0.39 is 0 Å². The molecule has 0 aromatic carbocycles. The number of hydrogen-bond donors (Lipinski definition) is 1. The minimum Gasteiger partial charge on any atom is -0.382 e. The summed E-state index contributed by atoms with van der Waals surface area (Å²) < 4.78 is 5.28. The van der Waals surface area contributed by atoms with Gasteiger partial charge in [0, 0.05) is 25.1 Å². The number of carbonyl (C=O) groups is 1. The van der Waals surface area contributed by atoms with Crippen molar-refractivity contribution >= 4 is 5.91 Å². The highest BCUT2D eigenvalue weighted by molar-refractivity contribution is 5.83. The molecule has 1 aromatic rings. The van der Waals surface area contributed by atoms with Gasteiger partial charge in [-0.2, -0.15) is 0 Å². The molecule has 1 N–H and O–H groups in total. The van der Waals surface area contributed by atoms with Gasteiger partial charge in [0.15, 0.2) is 0 Å². The van der Waals surface area contributed by atoms with Gasteiger partial charge in [-0.15, -0.1) is 0 Å². The summed E-state index contributed by atoms with van der Waals surface area (Å²) in [7, 11) is 1.68. The summed E-state index contributed by atoms with van der Waals surface area (Å²) in [5.74, 6) is -0.218. The number of hydrogen-bond acceptors (Lipinski definition) is 4. The van der Waals surface area contributed by atoms with E-state index in [0.717, 1.165) is 31.2 Å². The van der Waals surface area contributed by atoms with Crippen molar-refractivity contribution in [2.75, 3.05) is 13.7 Å². The van der Waals surface area contributed by atoms with Gasteiger partial charge in [-0.3, -0.25) is 4.79 Å². The van der Waals surface area contributed by atoms with Crippen LogP contribution in [-0.2, 0) is 9.53 Å². The summed E-state index contributed by atoms with van der Waals surface area (Å²) in [6.45, 7) is 2.46. The van der Waals surface area contributed by atoms with Gasteiger partial charge >= 0.3 is 0 Å². The predicted octanol–water partition coefficient (Wildman–Crippen LogP) is 1.66. The number of aromatic nitrogens is 2. The quantitative estimate of drug-likeness (QED) is 0.877. The van der Waals surface area contributed by atoms with Crippen LogP contribution in [0.3, 0.4) is 0 Å². The molecule has 1 heterocycles. The number of nitrogens with one attached hydrogen (secondary N) is 1. The molecule has 1 amide bonds. The maximum atomic E-state index is 12.4. The van der Waals surface area contributed by atoms with Crippen molar-refractivity contribution in [3.8, 4) is 0 Å². The van der Waals surface area contributed by atoms with Crippen molar-refractivity contribution in [2.45, 2.75) is 44.1 Å². The number of amides is 1. The Bertz CT molecular complexity index is 416. The molecule has 19 heavy (non-hydrogen) atoms. The lowest BCUT2D eigenvalue weighted by Crippen LogP contribution is -2.50. The fraction of sp³-hybridized carbons (Fsp3) is 0.643. The van der Waals surface area contributed by atoms with E-state index in [4.69, 9.17) is 4.74 Å². The fourth-order valence-corrected chi connectivity index (χ4v) is 2.69. The molecule has 1 saturated carbocycles. The highest BCUT2D eigenvalue weighted by atomic mass is 16.5. The fourth-order valence-electron chi connectivity index (χ4n) is 2.69. The van der Waals surface area contributed by atoms with Crippen LogP contribution in [-0.4, -0.2) is 35.1 Å². The third kappa shape index (κ3) is 3.29. The Balaban J connectivity index is 2.03.